The van der Waals surface area contributed by atoms with E-state index in [1.165, 1.54) is 0 Å². The fraction of sp³-hybridized carbons (Fsp3) is 0.385. The van der Waals surface area contributed by atoms with Gasteiger partial charge >= 0.3 is 6.18 Å². The van der Waals surface area contributed by atoms with Crippen LogP contribution < -0.4 is 4.72 Å². The van der Waals surface area contributed by atoms with Gasteiger partial charge in [0.15, 0.2) is 0 Å². The molecule has 23 heavy (non-hydrogen) atoms. The fourth-order valence-corrected chi connectivity index (χ4v) is 2.94. The Bertz CT molecular complexity index is 728. The molecular formula is C13H15F3N4O2S. The largest absolute Gasteiger partial charge is 0.433 e. The van der Waals surface area contributed by atoms with Crippen LogP contribution in [-0.4, -0.2) is 29.7 Å². The molecule has 0 radical (unpaired) electrons. The summed E-state index contributed by atoms with van der Waals surface area (Å²) < 4.78 is 65.4. The topological polar surface area (TPSA) is 76.9 Å². The van der Waals surface area contributed by atoms with E-state index in [0.717, 1.165) is 6.07 Å². The van der Waals surface area contributed by atoms with Crippen molar-refractivity contribution in [1.82, 2.24) is 19.5 Å². The van der Waals surface area contributed by atoms with E-state index >= 15 is 0 Å². The monoisotopic (exact) mass is 348 g/mol. The van der Waals surface area contributed by atoms with Crippen LogP contribution in [0.25, 0.3) is 0 Å². The Hall–Kier alpha value is -1.94. The van der Waals surface area contributed by atoms with Crippen molar-refractivity contribution < 1.29 is 21.6 Å². The highest BCUT2D eigenvalue weighted by molar-refractivity contribution is 7.89. The Morgan fingerprint density at radius 3 is 2.61 bits per heavy atom. The first-order chi connectivity index (χ1) is 10.7. The van der Waals surface area contributed by atoms with Crippen molar-refractivity contribution in [1.29, 1.82) is 0 Å². The van der Waals surface area contributed by atoms with Gasteiger partial charge in [-0.05, 0) is 24.1 Å². The molecule has 2 rings (SSSR count). The van der Waals surface area contributed by atoms with Crippen LogP contribution in [0, 0.1) is 5.92 Å². The zero-order valence-corrected chi connectivity index (χ0v) is 13.0. The number of pyridine rings is 1. The maximum atomic E-state index is 12.4. The third-order valence-corrected chi connectivity index (χ3v) is 4.43. The van der Waals surface area contributed by atoms with Crippen molar-refractivity contribution in [3.63, 3.8) is 0 Å². The molecule has 0 aliphatic rings. The molecule has 126 valence electrons. The van der Waals surface area contributed by atoms with E-state index in [4.69, 9.17) is 0 Å². The normalized spacial score (nSPS) is 13.9. The van der Waals surface area contributed by atoms with Crippen molar-refractivity contribution in [3.8, 4) is 0 Å². The second-order valence-corrected chi connectivity index (χ2v) is 6.83. The van der Waals surface area contributed by atoms with Crippen molar-refractivity contribution >= 4 is 10.0 Å². The molecule has 0 aliphatic carbocycles. The lowest BCUT2D eigenvalue weighted by Gasteiger charge is -2.13. The first-order valence-corrected chi connectivity index (χ1v) is 8.17. The summed E-state index contributed by atoms with van der Waals surface area (Å²) in [6.45, 7) is 2.47. The molecule has 0 fully saturated rings. The van der Waals surface area contributed by atoms with Crippen LogP contribution in [0.4, 0.5) is 13.2 Å². The van der Waals surface area contributed by atoms with E-state index in [0.29, 0.717) is 18.8 Å². The molecule has 0 saturated carbocycles. The molecule has 0 spiro atoms. The van der Waals surface area contributed by atoms with Crippen LogP contribution in [0.1, 0.15) is 12.6 Å². The summed E-state index contributed by atoms with van der Waals surface area (Å²) in [7, 11) is -3.91. The average Bonchev–Trinajstić information content (AvgIpc) is 2.97. The lowest BCUT2D eigenvalue weighted by molar-refractivity contribution is -0.141. The smallest absolute Gasteiger partial charge is 0.272 e. The molecule has 0 aromatic carbocycles. The van der Waals surface area contributed by atoms with E-state index < -0.39 is 21.9 Å². The maximum Gasteiger partial charge on any atom is 0.433 e. The molecule has 2 aromatic heterocycles. The quantitative estimate of drug-likeness (QED) is 0.865. The van der Waals surface area contributed by atoms with E-state index in [1.807, 2.05) is 6.92 Å². The van der Waals surface area contributed by atoms with Gasteiger partial charge in [-0.1, -0.05) is 6.92 Å². The Balaban J connectivity index is 1.98. The number of nitrogens with zero attached hydrogens (tertiary/aromatic N) is 3. The Kier molecular flexibility index (Phi) is 5.05. The van der Waals surface area contributed by atoms with Gasteiger partial charge in [0.05, 0.1) is 0 Å². The number of sulfonamides is 1. The summed E-state index contributed by atoms with van der Waals surface area (Å²) >= 11 is 0. The number of nitrogens with one attached hydrogen (secondary N) is 1. The molecule has 2 heterocycles. The predicted octanol–water partition coefficient (Wildman–Crippen LogP) is 1.91. The van der Waals surface area contributed by atoms with Crippen LogP contribution >= 0.6 is 0 Å². The minimum absolute atomic E-state index is 0.0490. The lowest BCUT2D eigenvalue weighted by Crippen LogP contribution is -2.30. The van der Waals surface area contributed by atoms with Gasteiger partial charge in [-0.15, -0.1) is 0 Å². The highest BCUT2D eigenvalue weighted by Crippen LogP contribution is 2.27. The summed E-state index contributed by atoms with van der Waals surface area (Å²) in [4.78, 5) is 2.84. The SMILES string of the molecule is C[C@H](CNS(=O)(=O)c1ccc(C(F)(F)F)nc1)Cn1cccn1. The van der Waals surface area contributed by atoms with Gasteiger partial charge in [0.1, 0.15) is 10.6 Å². The molecule has 0 unspecified atom stereocenters. The van der Waals surface area contributed by atoms with Crippen molar-refractivity contribution in [2.45, 2.75) is 24.5 Å². The maximum absolute atomic E-state index is 12.4. The Labute approximate surface area is 131 Å². The zero-order chi connectivity index (χ0) is 17.1. The van der Waals surface area contributed by atoms with Gasteiger partial charge in [0.25, 0.3) is 0 Å². The molecular weight excluding hydrogens is 333 g/mol. The van der Waals surface area contributed by atoms with Crippen LogP contribution in [0.3, 0.4) is 0 Å². The van der Waals surface area contributed by atoms with Gasteiger partial charge in [-0.25, -0.2) is 13.1 Å². The summed E-state index contributed by atoms with van der Waals surface area (Å²) in [5, 5.41) is 4.01. The number of alkyl halides is 3. The number of rotatable bonds is 6. The Morgan fingerprint density at radius 2 is 2.09 bits per heavy atom. The standard InChI is InChI=1S/C13H15F3N4O2S/c1-10(9-20-6-2-5-18-20)7-19-23(21,22)11-3-4-12(17-8-11)13(14,15)16/h2-6,8,10,19H,7,9H2,1H3/t10-/m1/s1. The average molecular weight is 348 g/mol. The summed E-state index contributed by atoms with van der Waals surface area (Å²) in [5.74, 6) is -0.0490. The van der Waals surface area contributed by atoms with Crippen molar-refractivity contribution in [2.24, 2.45) is 5.92 Å². The van der Waals surface area contributed by atoms with E-state index in [-0.39, 0.29) is 17.4 Å². The number of hydrogen-bond acceptors (Lipinski definition) is 4. The van der Waals surface area contributed by atoms with Gasteiger partial charge in [0, 0.05) is 31.7 Å². The van der Waals surface area contributed by atoms with Crippen LogP contribution in [0.5, 0.6) is 0 Å². The minimum atomic E-state index is -4.60. The number of hydrogen-bond donors (Lipinski definition) is 1. The lowest BCUT2D eigenvalue weighted by atomic mass is 10.2. The van der Waals surface area contributed by atoms with Gasteiger partial charge < -0.3 is 0 Å². The summed E-state index contributed by atoms with van der Waals surface area (Å²) in [6.07, 6.45) is -0.535. The van der Waals surface area contributed by atoms with Crippen LogP contribution in [0.2, 0.25) is 0 Å². The predicted molar refractivity (Wildman–Crippen MR) is 75.8 cm³/mol. The third kappa shape index (κ3) is 4.76. The van der Waals surface area contributed by atoms with Gasteiger partial charge in [-0.3, -0.25) is 9.67 Å². The first-order valence-electron chi connectivity index (χ1n) is 6.69. The van der Waals surface area contributed by atoms with Crippen LogP contribution in [-0.2, 0) is 22.7 Å². The zero-order valence-electron chi connectivity index (χ0n) is 12.2. The summed E-state index contributed by atoms with van der Waals surface area (Å²) in [6, 6.07) is 3.28. The molecule has 6 nitrogen and oxygen atoms in total. The third-order valence-electron chi connectivity index (χ3n) is 3.02. The van der Waals surface area contributed by atoms with Gasteiger partial charge in [-0.2, -0.15) is 18.3 Å². The second kappa shape index (κ2) is 6.67. The van der Waals surface area contributed by atoms with Crippen molar-refractivity contribution in [2.75, 3.05) is 6.54 Å². The molecule has 1 atom stereocenters. The highest BCUT2D eigenvalue weighted by Gasteiger charge is 2.32. The van der Waals surface area contributed by atoms with Crippen LogP contribution in [0.15, 0.2) is 41.7 Å². The van der Waals surface area contributed by atoms with Crippen molar-refractivity contribution in [3.05, 3.63) is 42.5 Å². The molecule has 0 bridgehead atoms. The number of aromatic nitrogens is 3. The molecule has 1 N–H and O–H groups in total. The second-order valence-electron chi connectivity index (χ2n) is 5.06. The summed E-state index contributed by atoms with van der Waals surface area (Å²) in [5.41, 5.74) is -1.14. The van der Waals surface area contributed by atoms with E-state index in [1.54, 1.807) is 23.1 Å². The molecule has 2 aromatic rings. The van der Waals surface area contributed by atoms with Gasteiger partial charge in [0.2, 0.25) is 10.0 Å². The first kappa shape index (κ1) is 17.4. The molecule has 0 amide bonds. The highest BCUT2D eigenvalue weighted by atomic mass is 32.2. The number of halogens is 3. The Morgan fingerprint density at radius 1 is 1.35 bits per heavy atom. The minimum Gasteiger partial charge on any atom is -0.272 e. The van der Waals surface area contributed by atoms with E-state index in [9.17, 15) is 21.6 Å². The molecule has 10 heteroatoms. The molecule has 0 saturated heterocycles. The molecule has 0 aliphatic heterocycles. The van der Waals surface area contributed by atoms with E-state index in [2.05, 4.69) is 14.8 Å². The fourth-order valence-electron chi connectivity index (χ4n) is 1.83.